The van der Waals surface area contributed by atoms with E-state index in [1.807, 2.05) is 0 Å². The van der Waals surface area contributed by atoms with Gasteiger partial charge in [0.05, 0.1) is 5.92 Å². The third-order valence-electron chi connectivity index (χ3n) is 5.59. The van der Waals surface area contributed by atoms with Crippen LogP contribution in [-0.4, -0.2) is 42.0 Å². The summed E-state index contributed by atoms with van der Waals surface area (Å²) >= 11 is 0. The first kappa shape index (κ1) is 19.0. The number of rotatable bonds is 2. The third kappa shape index (κ3) is 4.04. The Morgan fingerprint density at radius 1 is 1.05 bits per heavy atom. The number of nitrogens with zero attached hydrogens (tertiary/aromatic N) is 1. The minimum atomic E-state index is 0. The zero-order valence-corrected chi connectivity index (χ0v) is 14.4. The first-order valence-corrected chi connectivity index (χ1v) is 7.93. The van der Waals surface area contributed by atoms with Gasteiger partial charge in [-0.25, -0.2) is 0 Å². The Hall–Kier alpha value is -0.0300. The van der Waals surface area contributed by atoms with E-state index in [9.17, 15) is 4.79 Å². The van der Waals surface area contributed by atoms with Gasteiger partial charge in [-0.1, -0.05) is 12.8 Å². The van der Waals surface area contributed by atoms with Gasteiger partial charge in [-0.3, -0.25) is 4.79 Å². The molecule has 2 heterocycles. The lowest BCUT2D eigenvalue weighted by atomic mass is 9.82. The number of halogens is 2. The van der Waals surface area contributed by atoms with E-state index in [0.29, 0.717) is 18.1 Å². The van der Waals surface area contributed by atoms with E-state index < -0.39 is 0 Å². The average Bonchev–Trinajstić information content (AvgIpc) is 2.77. The van der Waals surface area contributed by atoms with Crippen molar-refractivity contribution in [3.8, 4) is 0 Å². The number of nitrogens with two attached hydrogens (primary N) is 1. The Kier molecular flexibility index (Phi) is 7.25. The summed E-state index contributed by atoms with van der Waals surface area (Å²) in [5.74, 6) is 0.289. The zero-order chi connectivity index (χ0) is 13.4. The molecule has 3 N–H and O–H groups in total. The smallest absolute Gasteiger partial charge is 0.224 e. The van der Waals surface area contributed by atoms with Gasteiger partial charge in [0.1, 0.15) is 0 Å². The highest BCUT2D eigenvalue weighted by Gasteiger charge is 2.38. The summed E-state index contributed by atoms with van der Waals surface area (Å²) in [4.78, 5) is 14.9. The molecular formula is C15H29Cl2N3O. The Morgan fingerprint density at radius 2 is 1.62 bits per heavy atom. The predicted molar refractivity (Wildman–Crippen MR) is 90.2 cm³/mol. The molecule has 0 aromatic heterocycles. The van der Waals surface area contributed by atoms with E-state index in [-0.39, 0.29) is 42.7 Å². The quantitative estimate of drug-likeness (QED) is 0.811. The second-order valence-electron chi connectivity index (χ2n) is 6.78. The fourth-order valence-electron chi connectivity index (χ4n) is 4.36. The highest BCUT2D eigenvalue weighted by atomic mass is 35.5. The molecule has 1 saturated carbocycles. The van der Waals surface area contributed by atoms with Gasteiger partial charge in [-0.15, -0.1) is 24.8 Å². The van der Waals surface area contributed by atoms with Gasteiger partial charge < -0.3 is 16.0 Å². The van der Waals surface area contributed by atoms with Gasteiger partial charge in [0.2, 0.25) is 5.91 Å². The molecule has 4 unspecified atom stereocenters. The lowest BCUT2D eigenvalue weighted by Gasteiger charge is -2.47. The van der Waals surface area contributed by atoms with Crippen molar-refractivity contribution in [2.75, 3.05) is 7.05 Å². The largest absolute Gasteiger partial charge is 0.353 e. The summed E-state index contributed by atoms with van der Waals surface area (Å²) in [5, 5.41) is 3.29. The van der Waals surface area contributed by atoms with Crippen molar-refractivity contribution in [1.82, 2.24) is 10.2 Å². The van der Waals surface area contributed by atoms with Gasteiger partial charge in [-0.2, -0.15) is 0 Å². The molecule has 2 bridgehead atoms. The van der Waals surface area contributed by atoms with Crippen LogP contribution in [-0.2, 0) is 4.79 Å². The molecule has 3 fully saturated rings. The van der Waals surface area contributed by atoms with Crippen molar-refractivity contribution in [2.24, 2.45) is 11.7 Å². The van der Waals surface area contributed by atoms with Crippen molar-refractivity contribution in [3.05, 3.63) is 0 Å². The van der Waals surface area contributed by atoms with E-state index in [2.05, 4.69) is 17.3 Å². The summed E-state index contributed by atoms with van der Waals surface area (Å²) in [6.45, 7) is 0. The molecule has 21 heavy (non-hydrogen) atoms. The maximum atomic E-state index is 12.3. The van der Waals surface area contributed by atoms with Crippen molar-refractivity contribution in [1.29, 1.82) is 0 Å². The van der Waals surface area contributed by atoms with E-state index in [1.54, 1.807) is 0 Å². The van der Waals surface area contributed by atoms with E-state index in [4.69, 9.17) is 5.73 Å². The number of amides is 1. The first-order valence-electron chi connectivity index (χ1n) is 7.93. The summed E-state index contributed by atoms with van der Waals surface area (Å²) in [6.07, 6.45) is 9.29. The topological polar surface area (TPSA) is 58.4 Å². The lowest BCUT2D eigenvalue weighted by molar-refractivity contribution is -0.126. The highest BCUT2D eigenvalue weighted by Crippen LogP contribution is 2.33. The minimum Gasteiger partial charge on any atom is -0.353 e. The van der Waals surface area contributed by atoms with Crippen molar-refractivity contribution >= 4 is 30.7 Å². The molecule has 6 heteroatoms. The predicted octanol–water partition coefficient (Wildman–Crippen LogP) is 2.09. The third-order valence-corrected chi connectivity index (χ3v) is 5.59. The summed E-state index contributed by atoms with van der Waals surface area (Å²) < 4.78 is 0. The molecule has 1 aliphatic carbocycles. The van der Waals surface area contributed by atoms with Crippen LogP contribution in [0.2, 0.25) is 0 Å². The molecule has 3 aliphatic rings. The number of piperidine rings is 2. The molecule has 0 aromatic rings. The summed E-state index contributed by atoms with van der Waals surface area (Å²) in [5.41, 5.74) is 6.03. The number of hydrogen-bond acceptors (Lipinski definition) is 3. The van der Waals surface area contributed by atoms with Crippen LogP contribution in [0.5, 0.6) is 0 Å². The van der Waals surface area contributed by atoms with Gasteiger partial charge >= 0.3 is 0 Å². The number of carbonyl (C=O) groups excluding carboxylic acids is 1. The molecule has 4 nitrogen and oxygen atoms in total. The Morgan fingerprint density at radius 3 is 2.14 bits per heavy atom. The molecular weight excluding hydrogens is 309 g/mol. The van der Waals surface area contributed by atoms with Crippen molar-refractivity contribution < 1.29 is 4.79 Å². The number of carbonyl (C=O) groups is 1. The maximum Gasteiger partial charge on any atom is 0.224 e. The van der Waals surface area contributed by atoms with Crippen LogP contribution in [0.15, 0.2) is 0 Å². The van der Waals surface area contributed by atoms with Gasteiger partial charge in [-0.05, 0) is 45.6 Å². The molecule has 2 aliphatic heterocycles. The van der Waals surface area contributed by atoms with Crippen LogP contribution in [0.25, 0.3) is 0 Å². The lowest BCUT2D eigenvalue weighted by Crippen LogP contribution is -2.56. The fourth-order valence-corrected chi connectivity index (χ4v) is 4.36. The Labute approximate surface area is 140 Å². The number of nitrogens with one attached hydrogen (secondary N) is 1. The number of fused-ring (bicyclic) bond motifs is 2. The minimum absolute atomic E-state index is 0. The summed E-state index contributed by atoms with van der Waals surface area (Å²) in [6, 6.07) is 1.82. The second kappa shape index (κ2) is 8.00. The van der Waals surface area contributed by atoms with Crippen molar-refractivity contribution in [3.63, 3.8) is 0 Å². The zero-order valence-electron chi connectivity index (χ0n) is 12.8. The molecule has 1 amide bonds. The van der Waals surface area contributed by atoms with Gasteiger partial charge in [0, 0.05) is 24.2 Å². The van der Waals surface area contributed by atoms with Crippen LogP contribution < -0.4 is 11.1 Å². The monoisotopic (exact) mass is 337 g/mol. The normalized spacial score (nSPS) is 39.0. The molecule has 4 atom stereocenters. The highest BCUT2D eigenvalue weighted by molar-refractivity contribution is 5.85. The number of hydrogen-bond donors (Lipinski definition) is 2. The van der Waals surface area contributed by atoms with Crippen LogP contribution in [0.3, 0.4) is 0 Å². The second-order valence-corrected chi connectivity index (χ2v) is 6.78. The molecule has 0 aromatic carbocycles. The van der Waals surface area contributed by atoms with Crippen LogP contribution in [0.1, 0.15) is 51.4 Å². The molecule has 3 rings (SSSR count). The Balaban J connectivity index is 0.00000110. The van der Waals surface area contributed by atoms with Gasteiger partial charge in [0.25, 0.3) is 0 Å². The van der Waals surface area contributed by atoms with E-state index in [0.717, 1.165) is 32.1 Å². The van der Waals surface area contributed by atoms with Gasteiger partial charge in [0.15, 0.2) is 0 Å². The van der Waals surface area contributed by atoms with E-state index in [1.165, 1.54) is 19.3 Å². The van der Waals surface area contributed by atoms with E-state index >= 15 is 0 Å². The molecule has 0 spiro atoms. The van der Waals surface area contributed by atoms with Crippen LogP contribution >= 0.6 is 24.8 Å². The van der Waals surface area contributed by atoms with Crippen LogP contribution in [0.4, 0.5) is 0 Å². The molecule has 124 valence electrons. The molecule has 2 saturated heterocycles. The SMILES string of the molecule is CN1C2CCCC1CC(NC(=O)C1CCCC1N)C2.Cl.Cl. The average molecular weight is 338 g/mol. The summed E-state index contributed by atoms with van der Waals surface area (Å²) in [7, 11) is 2.25. The fraction of sp³-hybridized carbons (Fsp3) is 0.933. The van der Waals surface area contributed by atoms with Crippen molar-refractivity contribution in [2.45, 2.75) is 75.5 Å². The maximum absolute atomic E-state index is 12.3. The first-order chi connectivity index (χ1) is 9.15. The molecule has 0 radical (unpaired) electrons. The standard InChI is InChI=1S/C15H27N3O.2ClH/c1-18-11-4-2-5-12(18)9-10(8-11)17-15(19)13-6-3-7-14(13)16;;/h10-14H,2-9,16H2,1H3,(H,17,19);2*1H. The van der Waals surface area contributed by atoms with Crippen LogP contribution in [0, 0.1) is 5.92 Å². The Bertz CT molecular complexity index is 342.